The summed E-state index contributed by atoms with van der Waals surface area (Å²) < 4.78 is 0. The van der Waals surface area contributed by atoms with Crippen molar-refractivity contribution in [3.8, 4) is 0 Å². The SMILES string of the molecule is CCCCCCCCCCCCCC=CC(O)C(CO)NC(=O)CCCCCCCCCCCCCCCCCCCCCCCCC. The predicted molar refractivity (Wildman–Crippen MR) is 212 cm³/mol. The quantitative estimate of drug-likeness (QED) is 0.0446. The fourth-order valence-corrected chi connectivity index (χ4v) is 6.89. The first kappa shape index (κ1) is 47.1. The molecule has 0 aliphatic rings. The smallest absolute Gasteiger partial charge is 0.220 e. The molecule has 48 heavy (non-hydrogen) atoms. The van der Waals surface area contributed by atoms with E-state index in [4.69, 9.17) is 0 Å². The van der Waals surface area contributed by atoms with Crippen molar-refractivity contribution in [3.63, 3.8) is 0 Å². The fraction of sp³-hybridized carbons (Fsp3) is 0.932. The van der Waals surface area contributed by atoms with Gasteiger partial charge in [0.15, 0.2) is 0 Å². The lowest BCUT2D eigenvalue weighted by Gasteiger charge is -2.20. The first-order chi connectivity index (χ1) is 23.7. The molecule has 1 amide bonds. The first-order valence-electron chi connectivity index (χ1n) is 21.9. The molecule has 0 rings (SSSR count). The molecule has 4 heteroatoms. The third-order valence-corrected chi connectivity index (χ3v) is 10.3. The molecular weight excluding hydrogens is 590 g/mol. The van der Waals surface area contributed by atoms with E-state index in [0.29, 0.717) is 6.42 Å². The summed E-state index contributed by atoms with van der Waals surface area (Å²) >= 11 is 0. The Hall–Kier alpha value is -0.870. The van der Waals surface area contributed by atoms with E-state index in [2.05, 4.69) is 19.2 Å². The maximum absolute atomic E-state index is 12.4. The second kappa shape index (κ2) is 40.6. The number of aliphatic hydroxyl groups excluding tert-OH is 2. The van der Waals surface area contributed by atoms with E-state index in [9.17, 15) is 15.0 Å². The Balaban J connectivity index is 3.48. The van der Waals surface area contributed by atoms with E-state index in [1.807, 2.05) is 6.08 Å². The molecular formula is C44H87NO3. The van der Waals surface area contributed by atoms with Gasteiger partial charge in [0.05, 0.1) is 18.8 Å². The third kappa shape index (κ3) is 36.4. The van der Waals surface area contributed by atoms with Crippen LogP contribution in [0, 0.1) is 0 Å². The van der Waals surface area contributed by atoms with Crippen LogP contribution in [-0.4, -0.2) is 34.9 Å². The van der Waals surface area contributed by atoms with Crippen LogP contribution >= 0.6 is 0 Å². The summed E-state index contributed by atoms with van der Waals surface area (Å²) in [6.07, 6.45) is 50.4. The minimum atomic E-state index is -0.832. The fourth-order valence-electron chi connectivity index (χ4n) is 6.89. The number of carbonyl (C=O) groups excluding carboxylic acids is 1. The summed E-state index contributed by atoms with van der Waals surface area (Å²) in [5.41, 5.74) is 0. The van der Waals surface area contributed by atoms with Gasteiger partial charge in [0.1, 0.15) is 0 Å². The van der Waals surface area contributed by atoms with Crippen LogP contribution in [0.2, 0.25) is 0 Å². The number of hydrogen-bond acceptors (Lipinski definition) is 3. The van der Waals surface area contributed by atoms with Gasteiger partial charge in [-0.3, -0.25) is 4.79 Å². The van der Waals surface area contributed by atoms with Crippen LogP contribution in [0.15, 0.2) is 12.2 Å². The van der Waals surface area contributed by atoms with Crippen molar-refractivity contribution in [2.45, 2.75) is 257 Å². The molecule has 4 nitrogen and oxygen atoms in total. The largest absolute Gasteiger partial charge is 0.394 e. The zero-order valence-corrected chi connectivity index (χ0v) is 32.8. The molecule has 0 saturated carbocycles. The number of rotatable bonds is 40. The third-order valence-electron chi connectivity index (χ3n) is 10.3. The number of carbonyl (C=O) groups is 1. The minimum Gasteiger partial charge on any atom is -0.394 e. The van der Waals surface area contributed by atoms with Crippen LogP contribution in [0.4, 0.5) is 0 Å². The summed E-state index contributed by atoms with van der Waals surface area (Å²) in [5.74, 6) is -0.0599. The molecule has 0 aromatic heterocycles. The molecule has 3 N–H and O–H groups in total. The number of unbranched alkanes of at least 4 members (excludes halogenated alkanes) is 33. The Kier molecular flexibility index (Phi) is 39.8. The maximum Gasteiger partial charge on any atom is 0.220 e. The Morgan fingerprint density at radius 2 is 0.771 bits per heavy atom. The molecule has 0 heterocycles. The zero-order valence-electron chi connectivity index (χ0n) is 32.8. The van der Waals surface area contributed by atoms with E-state index in [0.717, 1.165) is 25.7 Å². The molecule has 0 aliphatic heterocycles. The van der Waals surface area contributed by atoms with Gasteiger partial charge in [0, 0.05) is 6.42 Å². The Labute approximate surface area is 301 Å². The van der Waals surface area contributed by atoms with Crippen molar-refractivity contribution in [2.75, 3.05) is 6.61 Å². The maximum atomic E-state index is 12.4. The van der Waals surface area contributed by atoms with Crippen LogP contribution in [0.1, 0.15) is 245 Å². The second-order valence-electron chi connectivity index (χ2n) is 15.1. The van der Waals surface area contributed by atoms with E-state index in [1.165, 1.54) is 199 Å². The van der Waals surface area contributed by atoms with Crippen molar-refractivity contribution < 1.29 is 15.0 Å². The van der Waals surface area contributed by atoms with E-state index >= 15 is 0 Å². The number of allylic oxidation sites excluding steroid dienone is 1. The van der Waals surface area contributed by atoms with Gasteiger partial charge >= 0.3 is 0 Å². The number of aliphatic hydroxyl groups is 2. The van der Waals surface area contributed by atoms with Crippen LogP contribution in [0.5, 0.6) is 0 Å². The van der Waals surface area contributed by atoms with Gasteiger partial charge in [-0.25, -0.2) is 0 Å². The van der Waals surface area contributed by atoms with Gasteiger partial charge in [-0.15, -0.1) is 0 Å². The first-order valence-corrected chi connectivity index (χ1v) is 21.9. The molecule has 0 aromatic carbocycles. The van der Waals surface area contributed by atoms with Crippen LogP contribution in [0.3, 0.4) is 0 Å². The molecule has 0 spiro atoms. The Bertz CT molecular complexity index is 651. The van der Waals surface area contributed by atoms with Crippen LogP contribution in [0.25, 0.3) is 0 Å². The van der Waals surface area contributed by atoms with Crippen LogP contribution in [-0.2, 0) is 4.79 Å². The van der Waals surface area contributed by atoms with Gasteiger partial charge in [0.2, 0.25) is 5.91 Å². The summed E-state index contributed by atoms with van der Waals surface area (Å²) in [7, 11) is 0. The molecule has 0 bridgehead atoms. The van der Waals surface area contributed by atoms with E-state index < -0.39 is 12.1 Å². The van der Waals surface area contributed by atoms with Crippen molar-refractivity contribution in [3.05, 3.63) is 12.2 Å². The highest BCUT2D eigenvalue weighted by Crippen LogP contribution is 2.16. The topological polar surface area (TPSA) is 69.6 Å². The summed E-state index contributed by atoms with van der Waals surface area (Å²) in [4.78, 5) is 12.4. The monoisotopic (exact) mass is 678 g/mol. The standard InChI is InChI=1S/C44H87NO3/c1-3-5-7-9-11-13-15-17-18-19-20-21-22-23-24-25-26-28-30-32-34-36-38-40-44(48)45-42(41-46)43(47)39-37-35-33-31-29-27-16-14-12-10-8-6-4-2/h37,39,42-43,46-47H,3-36,38,40-41H2,1-2H3,(H,45,48). The molecule has 0 aromatic rings. The molecule has 2 unspecified atom stereocenters. The zero-order chi connectivity index (χ0) is 35.0. The summed E-state index contributed by atoms with van der Waals surface area (Å²) in [6, 6.07) is -0.615. The highest BCUT2D eigenvalue weighted by atomic mass is 16.3. The van der Waals surface area contributed by atoms with Gasteiger partial charge in [-0.2, -0.15) is 0 Å². The van der Waals surface area contributed by atoms with Gasteiger partial charge in [0.25, 0.3) is 0 Å². The Morgan fingerprint density at radius 3 is 1.08 bits per heavy atom. The van der Waals surface area contributed by atoms with Crippen molar-refractivity contribution >= 4 is 5.91 Å². The lowest BCUT2D eigenvalue weighted by Crippen LogP contribution is -2.45. The number of hydrogen-bond donors (Lipinski definition) is 3. The highest BCUT2D eigenvalue weighted by molar-refractivity contribution is 5.76. The number of nitrogens with one attached hydrogen (secondary N) is 1. The highest BCUT2D eigenvalue weighted by Gasteiger charge is 2.17. The normalized spacial score (nSPS) is 13.0. The summed E-state index contributed by atoms with van der Waals surface area (Å²) in [5, 5.41) is 23.0. The molecule has 0 saturated heterocycles. The Morgan fingerprint density at radius 1 is 0.479 bits per heavy atom. The van der Waals surface area contributed by atoms with Crippen molar-refractivity contribution in [1.82, 2.24) is 5.32 Å². The molecule has 286 valence electrons. The molecule has 0 radical (unpaired) electrons. The van der Waals surface area contributed by atoms with Gasteiger partial charge in [-0.1, -0.05) is 231 Å². The molecule has 2 atom stereocenters. The molecule has 0 fully saturated rings. The minimum absolute atomic E-state index is 0.0599. The summed E-state index contributed by atoms with van der Waals surface area (Å²) in [6.45, 7) is 4.32. The van der Waals surface area contributed by atoms with Crippen LogP contribution < -0.4 is 5.32 Å². The van der Waals surface area contributed by atoms with E-state index in [-0.39, 0.29) is 12.5 Å². The van der Waals surface area contributed by atoms with Crippen molar-refractivity contribution in [2.24, 2.45) is 0 Å². The lowest BCUT2D eigenvalue weighted by atomic mass is 10.0. The number of amides is 1. The van der Waals surface area contributed by atoms with E-state index in [1.54, 1.807) is 6.08 Å². The average molecular weight is 678 g/mol. The van der Waals surface area contributed by atoms with Gasteiger partial charge in [-0.05, 0) is 19.3 Å². The van der Waals surface area contributed by atoms with Crippen molar-refractivity contribution in [1.29, 1.82) is 0 Å². The average Bonchev–Trinajstić information content (AvgIpc) is 3.09. The lowest BCUT2D eigenvalue weighted by molar-refractivity contribution is -0.123. The predicted octanol–water partition coefficient (Wildman–Crippen LogP) is 13.5. The van der Waals surface area contributed by atoms with Gasteiger partial charge < -0.3 is 15.5 Å². The second-order valence-corrected chi connectivity index (χ2v) is 15.1. The molecule has 0 aliphatic carbocycles.